The number of nitrogens with one attached hydrogen (secondary N) is 3. The molecule has 32 heavy (non-hydrogen) atoms. The van der Waals surface area contributed by atoms with Crippen molar-refractivity contribution in [3.8, 4) is 11.1 Å². The van der Waals surface area contributed by atoms with Gasteiger partial charge in [0.15, 0.2) is 0 Å². The van der Waals surface area contributed by atoms with Crippen LogP contribution in [-0.4, -0.2) is 56.6 Å². The number of nitrogens with zero attached hydrogens (tertiary/aromatic N) is 1. The van der Waals surface area contributed by atoms with Crippen molar-refractivity contribution in [2.75, 3.05) is 44.5 Å². The zero-order valence-corrected chi connectivity index (χ0v) is 19.9. The van der Waals surface area contributed by atoms with Crippen LogP contribution in [0, 0.1) is 0 Å². The molecule has 2 fully saturated rings. The van der Waals surface area contributed by atoms with Crippen molar-refractivity contribution in [3.63, 3.8) is 0 Å². The van der Waals surface area contributed by atoms with E-state index in [9.17, 15) is 0 Å². The lowest BCUT2D eigenvalue weighted by molar-refractivity contribution is 0.0914. The highest BCUT2D eigenvalue weighted by Crippen LogP contribution is 2.39. The van der Waals surface area contributed by atoms with Gasteiger partial charge in [-0.15, -0.1) is 0 Å². The number of halogens is 1. The van der Waals surface area contributed by atoms with Gasteiger partial charge < -0.3 is 25.4 Å². The molecule has 1 heterocycles. The highest BCUT2D eigenvalue weighted by atomic mass is 35.5. The van der Waals surface area contributed by atoms with Gasteiger partial charge in [-0.2, -0.15) is 0 Å². The lowest BCUT2D eigenvalue weighted by Gasteiger charge is -2.30. The molecule has 0 aliphatic heterocycles. The predicted molar refractivity (Wildman–Crippen MR) is 132 cm³/mol. The Morgan fingerprint density at radius 2 is 1.88 bits per heavy atom. The van der Waals surface area contributed by atoms with E-state index in [1.54, 1.807) is 20.4 Å². The number of benzene rings is 1. The van der Waals surface area contributed by atoms with Crippen LogP contribution in [0.25, 0.3) is 11.1 Å². The molecule has 0 bridgehead atoms. The van der Waals surface area contributed by atoms with Crippen LogP contribution in [0.15, 0.2) is 36.5 Å². The molecule has 0 unspecified atom stereocenters. The Bertz CT molecular complexity index is 882. The molecule has 2 saturated carbocycles. The summed E-state index contributed by atoms with van der Waals surface area (Å²) in [6.07, 6.45) is 8.58. The molecule has 1 aromatic carbocycles. The van der Waals surface area contributed by atoms with E-state index in [1.165, 1.54) is 12.8 Å². The van der Waals surface area contributed by atoms with E-state index in [0.717, 1.165) is 68.0 Å². The third-order valence-corrected chi connectivity index (χ3v) is 7.00. The monoisotopic (exact) mass is 458 g/mol. The predicted octanol–water partition coefficient (Wildman–Crippen LogP) is 4.95. The second-order valence-electron chi connectivity index (χ2n) is 9.01. The molecular formula is C25H35ClN4O2. The minimum Gasteiger partial charge on any atom is -0.383 e. The van der Waals surface area contributed by atoms with Gasteiger partial charge in [-0.1, -0.05) is 23.7 Å². The average molecular weight is 459 g/mol. The number of rotatable bonds is 11. The molecule has 6 nitrogen and oxygen atoms in total. The lowest BCUT2D eigenvalue weighted by Crippen LogP contribution is -2.38. The maximum atomic E-state index is 6.54. The maximum Gasteiger partial charge on any atom is 0.126 e. The molecule has 0 amide bonds. The first-order valence-corrected chi connectivity index (χ1v) is 12.0. The molecule has 174 valence electrons. The standard InChI is InChI=1S/C25H35ClN4O2/c1-31-13-12-27-19-6-8-20(9-7-19)30-24-15-22(23(26)16-28-24)18-4-3-5-21(14-18)29-17-25(32-2)10-11-25/h3-5,14-16,19-20,27,29H,6-13,17H2,1-2H3,(H,28,30)/t19-,20-. The summed E-state index contributed by atoms with van der Waals surface area (Å²) in [5.41, 5.74) is 3.17. The van der Waals surface area contributed by atoms with Crippen molar-refractivity contribution in [1.29, 1.82) is 0 Å². The van der Waals surface area contributed by atoms with Crippen molar-refractivity contribution in [2.45, 2.75) is 56.2 Å². The van der Waals surface area contributed by atoms with Crippen molar-refractivity contribution in [2.24, 2.45) is 0 Å². The van der Waals surface area contributed by atoms with E-state index < -0.39 is 0 Å². The molecule has 4 rings (SSSR count). The second-order valence-corrected chi connectivity index (χ2v) is 9.42. The fourth-order valence-electron chi connectivity index (χ4n) is 4.41. The van der Waals surface area contributed by atoms with Gasteiger partial charge in [0, 0.05) is 56.8 Å². The first kappa shape index (κ1) is 23.3. The molecule has 3 N–H and O–H groups in total. The number of hydrogen-bond donors (Lipinski definition) is 3. The summed E-state index contributed by atoms with van der Waals surface area (Å²) in [5.74, 6) is 0.884. The van der Waals surface area contributed by atoms with Crippen LogP contribution in [0.1, 0.15) is 38.5 Å². The molecule has 0 radical (unpaired) electrons. The third-order valence-electron chi connectivity index (χ3n) is 6.70. The van der Waals surface area contributed by atoms with Crippen LogP contribution in [0.5, 0.6) is 0 Å². The largest absolute Gasteiger partial charge is 0.383 e. The summed E-state index contributed by atoms with van der Waals surface area (Å²) in [5, 5.41) is 11.4. The second kappa shape index (κ2) is 10.8. The summed E-state index contributed by atoms with van der Waals surface area (Å²) >= 11 is 6.54. The Kier molecular flexibility index (Phi) is 7.89. The minimum atomic E-state index is 0.0136. The fraction of sp³-hybridized carbons (Fsp3) is 0.560. The Balaban J connectivity index is 1.36. The fourth-order valence-corrected chi connectivity index (χ4v) is 4.62. The van der Waals surface area contributed by atoms with Crippen LogP contribution in [0.4, 0.5) is 11.5 Å². The number of aromatic nitrogens is 1. The van der Waals surface area contributed by atoms with Crippen LogP contribution in [0.3, 0.4) is 0 Å². The average Bonchev–Trinajstić information content (AvgIpc) is 3.61. The molecule has 2 aliphatic carbocycles. The first-order valence-electron chi connectivity index (χ1n) is 11.6. The van der Waals surface area contributed by atoms with E-state index in [2.05, 4.69) is 51.3 Å². The van der Waals surface area contributed by atoms with Gasteiger partial charge in [0.25, 0.3) is 0 Å². The molecule has 0 saturated heterocycles. The van der Waals surface area contributed by atoms with Crippen molar-refractivity contribution >= 4 is 23.1 Å². The van der Waals surface area contributed by atoms with Crippen molar-refractivity contribution in [1.82, 2.24) is 10.3 Å². The zero-order valence-electron chi connectivity index (χ0n) is 19.1. The molecule has 7 heteroatoms. The molecule has 2 aromatic rings. The summed E-state index contributed by atoms with van der Waals surface area (Å²) < 4.78 is 10.7. The highest BCUT2D eigenvalue weighted by Gasteiger charge is 2.42. The summed E-state index contributed by atoms with van der Waals surface area (Å²) in [6, 6.07) is 11.5. The molecule has 0 spiro atoms. The number of hydrogen-bond acceptors (Lipinski definition) is 6. The number of methoxy groups -OCH3 is 2. The van der Waals surface area contributed by atoms with Crippen LogP contribution >= 0.6 is 11.6 Å². The zero-order chi connectivity index (χ0) is 22.4. The molecule has 0 atom stereocenters. The van der Waals surface area contributed by atoms with E-state index >= 15 is 0 Å². The van der Waals surface area contributed by atoms with Gasteiger partial charge in [-0.3, -0.25) is 0 Å². The Labute approximate surface area is 196 Å². The third kappa shape index (κ3) is 6.13. The summed E-state index contributed by atoms with van der Waals surface area (Å²) in [7, 11) is 3.54. The Morgan fingerprint density at radius 3 is 2.59 bits per heavy atom. The normalized spacial score (nSPS) is 21.8. The van der Waals surface area contributed by atoms with E-state index in [4.69, 9.17) is 21.1 Å². The SMILES string of the molecule is COCCN[C@H]1CC[C@H](Nc2cc(-c3cccc(NCC4(OC)CC4)c3)c(Cl)cn2)CC1. The van der Waals surface area contributed by atoms with Crippen LogP contribution < -0.4 is 16.0 Å². The molecule has 1 aromatic heterocycles. The van der Waals surface area contributed by atoms with E-state index in [0.29, 0.717) is 17.1 Å². The number of anilines is 2. The van der Waals surface area contributed by atoms with Crippen molar-refractivity contribution < 1.29 is 9.47 Å². The van der Waals surface area contributed by atoms with Gasteiger partial charge >= 0.3 is 0 Å². The molecular weight excluding hydrogens is 424 g/mol. The Morgan fingerprint density at radius 1 is 1.09 bits per heavy atom. The van der Waals surface area contributed by atoms with Crippen LogP contribution in [0.2, 0.25) is 5.02 Å². The van der Waals surface area contributed by atoms with Gasteiger partial charge in [0.2, 0.25) is 0 Å². The summed E-state index contributed by atoms with van der Waals surface area (Å²) in [4.78, 5) is 4.54. The topological polar surface area (TPSA) is 67.4 Å². The quantitative estimate of drug-likeness (QED) is 0.414. The summed E-state index contributed by atoms with van der Waals surface area (Å²) in [6.45, 7) is 2.51. The highest BCUT2D eigenvalue weighted by molar-refractivity contribution is 6.33. The first-order chi connectivity index (χ1) is 15.6. The Hall–Kier alpha value is -1.86. The van der Waals surface area contributed by atoms with Crippen LogP contribution in [-0.2, 0) is 9.47 Å². The van der Waals surface area contributed by atoms with Gasteiger partial charge in [0.05, 0.1) is 17.2 Å². The minimum absolute atomic E-state index is 0.0136. The number of ether oxygens (including phenoxy) is 2. The molecule has 2 aliphatic rings. The van der Waals surface area contributed by atoms with Gasteiger partial charge in [-0.05, 0) is 62.3 Å². The maximum absolute atomic E-state index is 6.54. The number of pyridine rings is 1. The lowest BCUT2D eigenvalue weighted by atomic mass is 9.91. The van der Waals surface area contributed by atoms with E-state index in [-0.39, 0.29) is 5.60 Å². The van der Waals surface area contributed by atoms with E-state index in [1.807, 2.05) is 0 Å². The van der Waals surface area contributed by atoms with Crippen molar-refractivity contribution in [3.05, 3.63) is 41.6 Å². The van der Waals surface area contributed by atoms with Gasteiger partial charge in [-0.25, -0.2) is 4.98 Å². The van der Waals surface area contributed by atoms with Gasteiger partial charge in [0.1, 0.15) is 5.82 Å². The smallest absolute Gasteiger partial charge is 0.126 e.